The first-order valence-electron chi connectivity index (χ1n) is 6.66. The van der Waals surface area contributed by atoms with Gasteiger partial charge in [-0.05, 0) is 23.3 Å². The molecule has 2 rings (SSSR count). The van der Waals surface area contributed by atoms with Gasteiger partial charge >= 0.3 is 5.97 Å². The number of nitrogens with one attached hydrogen (secondary N) is 1. The van der Waals surface area contributed by atoms with Gasteiger partial charge in [-0.25, -0.2) is 4.79 Å². The van der Waals surface area contributed by atoms with E-state index in [1.807, 2.05) is 42.5 Å². The van der Waals surface area contributed by atoms with Gasteiger partial charge in [-0.2, -0.15) is 0 Å². The minimum atomic E-state index is -1.28. The molecule has 0 radical (unpaired) electrons. The van der Waals surface area contributed by atoms with Crippen LogP contribution in [0.15, 0.2) is 42.5 Å². The number of carboxylic acid groups (broad SMARTS) is 1. The lowest BCUT2D eigenvalue weighted by Gasteiger charge is -2.17. The lowest BCUT2D eigenvalue weighted by atomic mass is 9.94. The summed E-state index contributed by atoms with van der Waals surface area (Å²) in [5.74, 6) is -2.19. The first-order valence-corrected chi connectivity index (χ1v) is 6.66. The summed E-state index contributed by atoms with van der Waals surface area (Å²) in [6.45, 7) is 1.08. The van der Waals surface area contributed by atoms with E-state index in [1.54, 1.807) is 6.92 Å². The molecule has 0 fully saturated rings. The van der Waals surface area contributed by atoms with E-state index in [4.69, 9.17) is 10.2 Å². The van der Waals surface area contributed by atoms with Crippen LogP contribution in [0.3, 0.4) is 0 Å². The van der Waals surface area contributed by atoms with Gasteiger partial charge in [0.2, 0.25) is 5.91 Å². The molecule has 2 atom stereocenters. The van der Waals surface area contributed by atoms with Crippen molar-refractivity contribution in [2.24, 2.45) is 0 Å². The van der Waals surface area contributed by atoms with Gasteiger partial charge < -0.3 is 15.5 Å². The number of amides is 1. The van der Waals surface area contributed by atoms with Crippen LogP contribution in [0.2, 0.25) is 0 Å². The third-order valence-corrected chi connectivity index (χ3v) is 3.48. The lowest BCUT2D eigenvalue weighted by molar-refractivity contribution is -0.143. The highest BCUT2D eigenvalue weighted by molar-refractivity contribution is 5.94. The van der Waals surface area contributed by atoms with Gasteiger partial charge in [0.15, 0.2) is 0 Å². The summed E-state index contributed by atoms with van der Waals surface area (Å²) in [6.07, 6.45) is 0. The molecule has 0 aliphatic heterocycles. The van der Waals surface area contributed by atoms with Crippen LogP contribution in [0, 0.1) is 0 Å². The van der Waals surface area contributed by atoms with Crippen molar-refractivity contribution in [1.29, 1.82) is 0 Å². The molecule has 0 bridgehead atoms. The molecule has 5 heteroatoms. The quantitative estimate of drug-likeness (QED) is 0.778. The van der Waals surface area contributed by atoms with E-state index in [-0.39, 0.29) is 0 Å². The fourth-order valence-electron chi connectivity index (χ4n) is 2.25. The second-order valence-electron chi connectivity index (χ2n) is 4.87. The number of fused-ring (bicyclic) bond motifs is 1. The standard InChI is InChI=1S/C16H17NO4/c1-10(15(19)17-14(9-18)16(20)21)12-8-4-6-11-5-2-3-7-13(11)12/h2-8,10,14,18H,9H2,1H3,(H,17,19)(H,20,21). The Morgan fingerprint density at radius 1 is 1.14 bits per heavy atom. The fraction of sp³-hybridized carbons (Fsp3) is 0.250. The highest BCUT2D eigenvalue weighted by Crippen LogP contribution is 2.25. The molecule has 2 aromatic rings. The van der Waals surface area contributed by atoms with Gasteiger partial charge in [0, 0.05) is 0 Å². The van der Waals surface area contributed by atoms with Crippen LogP contribution in [0.4, 0.5) is 0 Å². The lowest BCUT2D eigenvalue weighted by Crippen LogP contribution is -2.44. The van der Waals surface area contributed by atoms with E-state index in [9.17, 15) is 9.59 Å². The third-order valence-electron chi connectivity index (χ3n) is 3.48. The second-order valence-corrected chi connectivity index (χ2v) is 4.87. The first-order chi connectivity index (χ1) is 10.0. The maximum absolute atomic E-state index is 12.2. The van der Waals surface area contributed by atoms with Gasteiger partial charge in [-0.3, -0.25) is 4.79 Å². The van der Waals surface area contributed by atoms with Crippen LogP contribution >= 0.6 is 0 Å². The first kappa shape index (κ1) is 15.0. The average Bonchev–Trinajstić information content (AvgIpc) is 2.50. The van der Waals surface area contributed by atoms with Gasteiger partial charge in [-0.15, -0.1) is 0 Å². The summed E-state index contributed by atoms with van der Waals surface area (Å²) in [6, 6.07) is 12.1. The molecule has 21 heavy (non-hydrogen) atoms. The highest BCUT2D eigenvalue weighted by atomic mass is 16.4. The Morgan fingerprint density at radius 2 is 1.81 bits per heavy atom. The summed E-state index contributed by atoms with van der Waals surface area (Å²) in [5, 5.41) is 22.2. The molecule has 3 N–H and O–H groups in total. The summed E-state index contributed by atoms with van der Waals surface area (Å²) < 4.78 is 0. The van der Waals surface area contributed by atoms with Crippen LogP contribution in [0.25, 0.3) is 10.8 Å². The zero-order chi connectivity index (χ0) is 15.4. The zero-order valence-electron chi connectivity index (χ0n) is 11.6. The Morgan fingerprint density at radius 3 is 2.48 bits per heavy atom. The highest BCUT2D eigenvalue weighted by Gasteiger charge is 2.23. The molecular formula is C16H17NO4. The van der Waals surface area contributed by atoms with E-state index in [0.717, 1.165) is 16.3 Å². The van der Waals surface area contributed by atoms with Crippen molar-refractivity contribution in [3.05, 3.63) is 48.0 Å². The molecule has 5 nitrogen and oxygen atoms in total. The van der Waals surface area contributed by atoms with Gasteiger partial charge in [0.1, 0.15) is 6.04 Å². The number of carboxylic acids is 1. The van der Waals surface area contributed by atoms with Crippen LogP contribution in [0.5, 0.6) is 0 Å². The van der Waals surface area contributed by atoms with Crippen molar-refractivity contribution < 1.29 is 19.8 Å². The molecule has 0 aliphatic carbocycles. The van der Waals surface area contributed by atoms with Crippen LogP contribution in [0.1, 0.15) is 18.4 Å². The molecule has 2 aromatic carbocycles. The summed E-state index contributed by atoms with van der Waals surface area (Å²) >= 11 is 0. The number of hydrogen-bond donors (Lipinski definition) is 3. The third kappa shape index (κ3) is 3.20. The normalized spacial score (nSPS) is 13.6. The zero-order valence-corrected chi connectivity index (χ0v) is 11.6. The van der Waals surface area contributed by atoms with Crippen molar-refractivity contribution in [3.8, 4) is 0 Å². The maximum atomic E-state index is 12.2. The number of carbonyl (C=O) groups is 2. The molecule has 0 heterocycles. The molecular weight excluding hydrogens is 270 g/mol. The van der Waals surface area contributed by atoms with Crippen molar-refractivity contribution in [3.63, 3.8) is 0 Å². The molecule has 0 saturated heterocycles. The minimum Gasteiger partial charge on any atom is -0.480 e. The second kappa shape index (κ2) is 6.37. The number of aliphatic hydroxyl groups is 1. The van der Waals surface area contributed by atoms with Crippen molar-refractivity contribution >= 4 is 22.6 Å². The fourth-order valence-corrected chi connectivity index (χ4v) is 2.25. The average molecular weight is 287 g/mol. The Labute approximate surface area is 122 Å². The molecule has 110 valence electrons. The SMILES string of the molecule is CC(C(=O)NC(CO)C(=O)O)c1cccc2ccccc12. The predicted molar refractivity (Wildman–Crippen MR) is 79.0 cm³/mol. The topological polar surface area (TPSA) is 86.6 Å². The number of aliphatic hydroxyl groups excluding tert-OH is 1. The monoisotopic (exact) mass is 287 g/mol. The van der Waals surface area contributed by atoms with Crippen LogP contribution in [-0.2, 0) is 9.59 Å². The van der Waals surface area contributed by atoms with Crippen molar-refractivity contribution in [2.75, 3.05) is 6.61 Å². The largest absolute Gasteiger partial charge is 0.480 e. The molecule has 2 unspecified atom stereocenters. The van der Waals surface area contributed by atoms with Crippen LogP contribution in [-0.4, -0.2) is 34.7 Å². The van der Waals surface area contributed by atoms with Gasteiger partial charge in [0.05, 0.1) is 12.5 Å². The predicted octanol–water partition coefficient (Wildman–Crippen LogP) is 1.51. The summed E-state index contributed by atoms with van der Waals surface area (Å²) in [5.41, 5.74) is 0.827. The van der Waals surface area contributed by atoms with E-state index in [1.165, 1.54) is 0 Å². The summed E-state index contributed by atoms with van der Waals surface area (Å²) in [7, 11) is 0. The molecule has 1 amide bonds. The van der Waals surface area contributed by atoms with Crippen molar-refractivity contribution in [1.82, 2.24) is 5.32 Å². The number of rotatable bonds is 5. The number of carbonyl (C=O) groups excluding carboxylic acids is 1. The maximum Gasteiger partial charge on any atom is 0.328 e. The smallest absolute Gasteiger partial charge is 0.328 e. The van der Waals surface area contributed by atoms with Gasteiger partial charge in [0.25, 0.3) is 0 Å². The van der Waals surface area contributed by atoms with Gasteiger partial charge in [-0.1, -0.05) is 42.5 Å². The Kier molecular flexibility index (Phi) is 4.55. The van der Waals surface area contributed by atoms with Crippen LogP contribution < -0.4 is 5.32 Å². The molecule has 0 aromatic heterocycles. The molecule has 0 spiro atoms. The minimum absolute atomic E-state index is 0.423. The van der Waals surface area contributed by atoms with E-state index in [0.29, 0.717) is 0 Å². The molecule has 0 aliphatic rings. The van der Waals surface area contributed by atoms with E-state index in [2.05, 4.69) is 5.32 Å². The van der Waals surface area contributed by atoms with Crippen molar-refractivity contribution in [2.45, 2.75) is 18.9 Å². The van der Waals surface area contributed by atoms with E-state index < -0.39 is 30.4 Å². The number of aliphatic carboxylic acids is 1. The molecule has 0 saturated carbocycles. The van der Waals surface area contributed by atoms with E-state index >= 15 is 0 Å². The number of hydrogen-bond acceptors (Lipinski definition) is 3. The Bertz CT molecular complexity index is 663. The number of benzene rings is 2. The Hall–Kier alpha value is -2.40. The Balaban J connectivity index is 2.27. The summed E-state index contributed by atoms with van der Waals surface area (Å²) in [4.78, 5) is 23.0.